The number of aromatic nitrogens is 5. The van der Waals surface area contributed by atoms with E-state index in [9.17, 15) is 9.59 Å². The maximum atomic E-state index is 13.2. The number of amides is 1. The van der Waals surface area contributed by atoms with Gasteiger partial charge < -0.3 is 9.88 Å². The van der Waals surface area contributed by atoms with E-state index in [-0.39, 0.29) is 18.0 Å². The fourth-order valence-corrected chi connectivity index (χ4v) is 4.18. The van der Waals surface area contributed by atoms with Crippen molar-refractivity contribution in [3.8, 4) is 0 Å². The van der Waals surface area contributed by atoms with Crippen molar-refractivity contribution in [2.75, 3.05) is 6.54 Å². The number of carbonyl (C=O) groups is 1. The molecule has 0 aliphatic heterocycles. The van der Waals surface area contributed by atoms with Crippen LogP contribution in [0.1, 0.15) is 35.1 Å². The minimum Gasteiger partial charge on any atom is -0.331 e. The van der Waals surface area contributed by atoms with Gasteiger partial charge in [-0.1, -0.05) is 42.4 Å². The highest BCUT2D eigenvalue weighted by Gasteiger charge is 2.17. The second-order valence-corrected chi connectivity index (χ2v) is 8.58. The van der Waals surface area contributed by atoms with Crippen molar-refractivity contribution in [3.63, 3.8) is 0 Å². The minimum atomic E-state index is -0.251. The Morgan fingerprint density at radius 1 is 1.19 bits per heavy atom. The number of halogens is 1. The van der Waals surface area contributed by atoms with Crippen LogP contribution in [0.5, 0.6) is 0 Å². The van der Waals surface area contributed by atoms with Gasteiger partial charge in [0.2, 0.25) is 0 Å². The lowest BCUT2D eigenvalue weighted by atomic mass is 10.1. The molecule has 1 amide bonds. The maximum absolute atomic E-state index is 13.2. The van der Waals surface area contributed by atoms with Crippen LogP contribution in [0, 0.1) is 0 Å². The smallest absolute Gasteiger partial charge is 0.258 e. The standard InChI is InChI=1S/C22H21ClN6O2S/c1-2-9-29(11-19-26-18-10-16(23)7-8-17(18)20(30)27-19)21(31)15-5-3-14(4-6-15)12-32-22-24-13-25-28-22/h3-8,10,13H,2,9,11-12H2,1H3,(H,24,25,28)(H,26,27,30). The van der Waals surface area contributed by atoms with Gasteiger partial charge in [-0.05, 0) is 42.3 Å². The first-order chi connectivity index (χ1) is 15.5. The zero-order valence-corrected chi connectivity index (χ0v) is 18.9. The van der Waals surface area contributed by atoms with Crippen molar-refractivity contribution in [2.24, 2.45) is 0 Å². The molecule has 10 heteroatoms. The first-order valence-electron chi connectivity index (χ1n) is 10.1. The van der Waals surface area contributed by atoms with E-state index in [0.717, 1.165) is 17.1 Å². The Labute approximate surface area is 193 Å². The molecule has 2 aromatic carbocycles. The molecule has 0 saturated carbocycles. The number of hydrogen-bond donors (Lipinski definition) is 2. The summed E-state index contributed by atoms with van der Waals surface area (Å²) in [6.07, 6.45) is 2.25. The third-order valence-electron chi connectivity index (χ3n) is 4.81. The minimum absolute atomic E-state index is 0.116. The van der Waals surface area contributed by atoms with Gasteiger partial charge in [-0.15, -0.1) is 0 Å². The fraction of sp³-hybridized carbons (Fsp3) is 0.227. The van der Waals surface area contributed by atoms with Crippen LogP contribution in [0.4, 0.5) is 0 Å². The van der Waals surface area contributed by atoms with Crippen molar-refractivity contribution in [1.29, 1.82) is 0 Å². The van der Waals surface area contributed by atoms with Crippen molar-refractivity contribution < 1.29 is 4.79 Å². The first-order valence-corrected chi connectivity index (χ1v) is 11.4. The molecule has 0 aliphatic carbocycles. The molecular formula is C22H21ClN6O2S. The summed E-state index contributed by atoms with van der Waals surface area (Å²) >= 11 is 7.58. The number of nitrogens with zero attached hydrogens (tertiary/aromatic N) is 4. The van der Waals surface area contributed by atoms with Gasteiger partial charge >= 0.3 is 0 Å². The van der Waals surface area contributed by atoms with E-state index in [0.29, 0.717) is 39.6 Å². The molecule has 0 saturated heterocycles. The molecule has 32 heavy (non-hydrogen) atoms. The van der Waals surface area contributed by atoms with Gasteiger partial charge in [0.05, 0.1) is 17.4 Å². The SMILES string of the molecule is CCCN(Cc1nc2cc(Cl)ccc2c(=O)[nH]1)C(=O)c1ccc(CSc2ncn[nH]2)cc1. The molecule has 2 aromatic heterocycles. The molecule has 0 aliphatic rings. The molecule has 0 atom stereocenters. The van der Waals surface area contributed by atoms with Gasteiger partial charge in [0.15, 0.2) is 5.16 Å². The summed E-state index contributed by atoms with van der Waals surface area (Å²) in [6.45, 7) is 2.74. The highest BCUT2D eigenvalue weighted by atomic mass is 35.5. The van der Waals surface area contributed by atoms with Gasteiger partial charge in [-0.2, -0.15) is 5.10 Å². The van der Waals surface area contributed by atoms with Crippen LogP contribution in [0.2, 0.25) is 5.02 Å². The maximum Gasteiger partial charge on any atom is 0.258 e. The molecule has 164 valence electrons. The largest absolute Gasteiger partial charge is 0.331 e. The van der Waals surface area contributed by atoms with Crippen molar-refractivity contribution in [3.05, 3.63) is 81.1 Å². The van der Waals surface area contributed by atoms with Gasteiger partial charge in [0.1, 0.15) is 12.2 Å². The quantitative estimate of drug-likeness (QED) is 0.378. The van der Waals surface area contributed by atoms with Crippen molar-refractivity contribution in [2.45, 2.75) is 30.8 Å². The van der Waals surface area contributed by atoms with Gasteiger partial charge in [0, 0.05) is 22.9 Å². The number of aromatic amines is 2. The third-order valence-corrected chi connectivity index (χ3v) is 5.99. The van der Waals surface area contributed by atoms with E-state index >= 15 is 0 Å². The normalized spacial score (nSPS) is 11.1. The predicted octanol–water partition coefficient (Wildman–Crippen LogP) is 4.04. The molecule has 0 radical (unpaired) electrons. The number of fused-ring (bicyclic) bond motifs is 1. The molecule has 2 N–H and O–H groups in total. The summed E-state index contributed by atoms with van der Waals surface area (Å²) in [4.78, 5) is 38.6. The van der Waals surface area contributed by atoms with Crippen LogP contribution in [-0.4, -0.2) is 42.5 Å². The summed E-state index contributed by atoms with van der Waals surface area (Å²) in [7, 11) is 0. The highest BCUT2D eigenvalue weighted by molar-refractivity contribution is 7.98. The average Bonchev–Trinajstić information content (AvgIpc) is 3.31. The van der Waals surface area contributed by atoms with Crippen LogP contribution in [0.3, 0.4) is 0 Å². The lowest BCUT2D eigenvalue weighted by Gasteiger charge is -2.22. The Morgan fingerprint density at radius 2 is 2.00 bits per heavy atom. The van der Waals surface area contributed by atoms with E-state index in [4.69, 9.17) is 11.6 Å². The van der Waals surface area contributed by atoms with Gasteiger partial charge in [-0.25, -0.2) is 9.97 Å². The topological polar surface area (TPSA) is 108 Å². The van der Waals surface area contributed by atoms with E-state index in [2.05, 4.69) is 25.1 Å². The molecule has 0 bridgehead atoms. The molecule has 4 aromatic rings. The number of H-pyrrole nitrogens is 2. The number of hydrogen-bond acceptors (Lipinski definition) is 6. The zero-order valence-electron chi connectivity index (χ0n) is 17.3. The van der Waals surface area contributed by atoms with E-state index < -0.39 is 0 Å². The fourth-order valence-electron chi connectivity index (χ4n) is 3.28. The van der Waals surface area contributed by atoms with Crippen LogP contribution >= 0.6 is 23.4 Å². The van der Waals surface area contributed by atoms with Crippen molar-refractivity contribution >= 4 is 40.2 Å². The summed E-state index contributed by atoms with van der Waals surface area (Å²) < 4.78 is 0. The predicted molar refractivity (Wildman–Crippen MR) is 125 cm³/mol. The number of carbonyl (C=O) groups excluding carboxylic acids is 1. The number of benzene rings is 2. The van der Waals surface area contributed by atoms with Crippen LogP contribution < -0.4 is 5.56 Å². The Kier molecular flexibility index (Phi) is 6.87. The van der Waals surface area contributed by atoms with Crippen LogP contribution in [-0.2, 0) is 12.3 Å². The second-order valence-electron chi connectivity index (χ2n) is 7.18. The molecule has 8 nitrogen and oxygen atoms in total. The highest BCUT2D eigenvalue weighted by Crippen LogP contribution is 2.20. The third kappa shape index (κ3) is 5.17. The summed E-state index contributed by atoms with van der Waals surface area (Å²) in [5, 5.41) is 8.35. The average molecular weight is 469 g/mol. The summed E-state index contributed by atoms with van der Waals surface area (Å²) in [5.74, 6) is 1.02. The Morgan fingerprint density at radius 3 is 2.72 bits per heavy atom. The summed E-state index contributed by atoms with van der Waals surface area (Å²) in [6, 6.07) is 12.4. The van der Waals surface area contributed by atoms with Crippen molar-refractivity contribution in [1.82, 2.24) is 30.0 Å². The lowest BCUT2D eigenvalue weighted by Crippen LogP contribution is -2.32. The van der Waals surface area contributed by atoms with Crippen LogP contribution in [0.25, 0.3) is 10.9 Å². The Hall–Kier alpha value is -3.17. The molecular weight excluding hydrogens is 448 g/mol. The molecule has 4 rings (SSSR count). The van der Waals surface area contributed by atoms with Gasteiger partial charge in [-0.3, -0.25) is 14.7 Å². The first kappa shape index (κ1) is 22.0. The number of rotatable bonds is 8. The number of thioether (sulfide) groups is 1. The lowest BCUT2D eigenvalue weighted by molar-refractivity contribution is 0.0739. The molecule has 0 fully saturated rings. The van der Waals surface area contributed by atoms with E-state index in [1.807, 2.05) is 31.2 Å². The van der Waals surface area contributed by atoms with E-state index in [1.54, 1.807) is 23.1 Å². The zero-order chi connectivity index (χ0) is 22.5. The molecule has 0 spiro atoms. The Balaban J connectivity index is 1.50. The van der Waals surface area contributed by atoms with Crippen LogP contribution in [0.15, 0.2) is 58.7 Å². The second kappa shape index (κ2) is 9.97. The Bertz CT molecular complexity index is 1270. The molecule has 2 heterocycles. The molecule has 0 unspecified atom stereocenters. The monoisotopic (exact) mass is 468 g/mol. The van der Waals surface area contributed by atoms with E-state index in [1.165, 1.54) is 18.1 Å². The number of nitrogens with one attached hydrogen (secondary N) is 2. The summed E-state index contributed by atoms with van der Waals surface area (Å²) in [5.41, 5.74) is 1.91. The van der Waals surface area contributed by atoms with Gasteiger partial charge in [0.25, 0.3) is 11.5 Å².